The predicted octanol–water partition coefficient (Wildman–Crippen LogP) is 5.87. The van der Waals surface area contributed by atoms with Crippen molar-refractivity contribution in [2.45, 2.75) is 23.6 Å². The lowest BCUT2D eigenvalue weighted by Crippen LogP contribution is -2.25. The summed E-state index contributed by atoms with van der Waals surface area (Å²) in [5, 5.41) is 6.72. The molecule has 0 aliphatic carbocycles. The minimum Gasteiger partial charge on any atom is -0.405 e. The van der Waals surface area contributed by atoms with Crippen molar-refractivity contribution >= 4 is 29.0 Å². The third-order valence-electron chi connectivity index (χ3n) is 3.74. The van der Waals surface area contributed by atoms with Gasteiger partial charge in [-0.25, -0.2) is 0 Å². The van der Waals surface area contributed by atoms with Crippen molar-refractivity contribution in [2.24, 2.45) is 0 Å². The normalized spacial score (nSPS) is 11.2. The number of carbonyl (C=O) groups excluding carboxylic acids is 1. The van der Waals surface area contributed by atoms with E-state index in [0.29, 0.717) is 5.56 Å². The molecule has 28 heavy (non-hydrogen) atoms. The Bertz CT molecular complexity index is 927. The molecule has 8 heteroatoms. The second-order valence-corrected chi connectivity index (χ2v) is 7.55. The quantitative estimate of drug-likeness (QED) is 0.483. The molecule has 1 heterocycles. The minimum atomic E-state index is -4.79. The fourth-order valence-electron chi connectivity index (χ4n) is 2.46. The average molecular weight is 423 g/mol. The van der Waals surface area contributed by atoms with Crippen LogP contribution in [0.2, 0.25) is 0 Å². The molecule has 2 aromatic carbocycles. The lowest BCUT2D eigenvalue weighted by molar-refractivity contribution is -0.274. The summed E-state index contributed by atoms with van der Waals surface area (Å²) in [5.74, 6) is 0.0569. The van der Waals surface area contributed by atoms with Gasteiger partial charge in [0.15, 0.2) is 0 Å². The Labute approximate surface area is 168 Å². The van der Waals surface area contributed by atoms with Crippen molar-refractivity contribution in [3.63, 3.8) is 0 Å². The Morgan fingerprint density at radius 1 is 1.07 bits per heavy atom. The fraction of sp³-hybridized carbons (Fsp3) is 0.150. The van der Waals surface area contributed by atoms with Gasteiger partial charge in [-0.2, -0.15) is 11.3 Å². The summed E-state index contributed by atoms with van der Waals surface area (Å²) in [4.78, 5) is 13.4. The number of carbonyl (C=O) groups is 1. The number of amides is 1. The van der Waals surface area contributed by atoms with Crippen LogP contribution in [0.25, 0.3) is 0 Å². The standard InChI is InChI=1S/C20H16F3NO2S2/c21-20(22,23)26-17-7-3-1-5-15(17)11-24-19(25)16-6-2-4-8-18(16)28-13-14-9-10-27-12-14/h1-10,12H,11,13H2,(H,24,25). The molecular formula is C20H16F3NO2S2. The largest absolute Gasteiger partial charge is 0.573 e. The van der Waals surface area contributed by atoms with Gasteiger partial charge < -0.3 is 10.1 Å². The first-order valence-electron chi connectivity index (χ1n) is 8.27. The van der Waals surface area contributed by atoms with E-state index in [9.17, 15) is 18.0 Å². The van der Waals surface area contributed by atoms with Crippen LogP contribution >= 0.6 is 23.1 Å². The number of rotatable bonds is 7. The summed E-state index contributed by atoms with van der Waals surface area (Å²) in [6.07, 6.45) is -4.79. The van der Waals surface area contributed by atoms with Gasteiger partial charge in [-0.05, 0) is 40.6 Å². The van der Waals surface area contributed by atoms with Crippen LogP contribution < -0.4 is 10.1 Å². The molecule has 3 aromatic rings. The van der Waals surface area contributed by atoms with E-state index in [1.807, 2.05) is 29.0 Å². The van der Waals surface area contributed by atoms with Crippen LogP contribution in [0.3, 0.4) is 0 Å². The smallest absolute Gasteiger partial charge is 0.405 e. The maximum absolute atomic E-state index is 12.6. The molecule has 0 atom stereocenters. The molecule has 0 aliphatic heterocycles. The van der Waals surface area contributed by atoms with E-state index in [1.54, 1.807) is 29.5 Å². The van der Waals surface area contributed by atoms with E-state index >= 15 is 0 Å². The van der Waals surface area contributed by atoms with Crippen molar-refractivity contribution in [3.8, 4) is 5.75 Å². The lowest BCUT2D eigenvalue weighted by atomic mass is 10.1. The van der Waals surface area contributed by atoms with Gasteiger partial charge in [0, 0.05) is 22.8 Å². The number of hydrogen-bond acceptors (Lipinski definition) is 4. The van der Waals surface area contributed by atoms with E-state index in [2.05, 4.69) is 10.1 Å². The number of hydrogen-bond donors (Lipinski definition) is 1. The highest BCUT2D eigenvalue weighted by Crippen LogP contribution is 2.28. The van der Waals surface area contributed by atoms with E-state index in [-0.39, 0.29) is 23.8 Å². The van der Waals surface area contributed by atoms with Gasteiger partial charge in [0.1, 0.15) is 5.75 Å². The van der Waals surface area contributed by atoms with Crippen LogP contribution in [-0.4, -0.2) is 12.3 Å². The molecule has 0 unspecified atom stereocenters. The highest BCUT2D eigenvalue weighted by molar-refractivity contribution is 7.98. The number of thioether (sulfide) groups is 1. The lowest BCUT2D eigenvalue weighted by Gasteiger charge is -2.14. The van der Waals surface area contributed by atoms with Gasteiger partial charge in [0.25, 0.3) is 5.91 Å². The highest BCUT2D eigenvalue weighted by Gasteiger charge is 2.32. The number of thiophene rings is 1. The molecular weight excluding hydrogens is 407 g/mol. The van der Waals surface area contributed by atoms with Crippen LogP contribution in [0.15, 0.2) is 70.3 Å². The fourth-order valence-corrected chi connectivity index (χ4v) is 4.23. The maximum Gasteiger partial charge on any atom is 0.573 e. The van der Waals surface area contributed by atoms with Gasteiger partial charge in [-0.1, -0.05) is 30.3 Å². The Kier molecular flexibility index (Phi) is 6.64. The molecule has 1 aromatic heterocycles. The number of ether oxygens (including phenoxy) is 1. The number of halogens is 3. The van der Waals surface area contributed by atoms with Gasteiger partial charge in [0.05, 0.1) is 5.56 Å². The summed E-state index contributed by atoms with van der Waals surface area (Å²) >= 11 is 3.15. The number of benzene rings is 2. The molecule has 0 saturated heterocycles. The van der Waals surface area contributed by atoms with Crippen LogP contribution in [0, 0.1) is 0 Å². The molecule has 146 valence electrons. The first-order valence-corrected chi connectivity index (χ1v) is 10.2. The van der Waals surface area contributed by atoms with Crippen molar-refractivity contribution < 1.29 is 22.7 Å². The third kappa shape index (κ3) is 5.77. The summed E-state index contributed by atoms with van der Waals surface area (Å²) in [7, 11) is 0. The van der Waals surface area contributed by atoms with E-state index < -0.39 is 6.36 Å². The van der Waals surface area contributed by atoms with Crippen LogP contribution in [0.1, 0.15) is 21.5 Å². The van der Waals surface area contributed by atoms with Crippen molar-refractivity contribution in [2.75, 3.05) is 0 Å². The molecule has 1 amide bonds. The highest BCUT2D eigenvalue weighted by atomic mass is 32.2. The molecule has 0 radical (unpaired) electrons. The second-order valence-electron chi connectivity index (χ2n) is 5.75. The first kappa shape index (κ1) is 20.3. The first-order chi connectivity index (χ1) is 13.4. The molecule has 3 rings (SSSR count). The maximum atomic E-state index is 12.6. The molecule has 0 fully saturated rings. The molecule has 0 aliphatic rings. The van der Waals surface area contributed by atoms with Crippen molar-refractivity contribution in [1.82, 2.24) is 5.32 Å². The average Bonchev–Trinajstić information content (AvgIpc) is 3.18. The Morgan fingerprint density at radius 2 is 1.82 bits per heavy atom. The molecule has 0 spiro atoms. The second kappa shape index (κ2) is 9.16. The Hall–Kier alpha value is -2.45. The Morgan fingerprint density at radius 3 is 2.57 bits per heavy atom. The number of para-hydroxylation sites is 1. The zero-order valence-corrected chi connectivity index (χ0v) is 16.2. The zero-order chi connectivity index (χ0) is 20.0. The Balaban J connectivity index is 1.67. The minimum absolute atomic E-state index is 0.0748. The SMILES string of the molecule is O=C(NCc1ccccc1OC(F)(F)F)c1ccccc1SCc1ccsc1. The molecule has 0 bridgehead atoms. The van der Waals surface area contributed by atoms with Crippen molar-refractivity contribution in [1.29, 1.82) is 0 Å². The summed E-state index contributed by atoms with van der Waals surface area (Å²) in [6, 6.07) is 14.9. The van der Waals surface area contributed by atoms with Crippen LogP contribution in [0.4, 0.5) is 13.2 Å². The van der Waals surface area contributed by atoms with Crippen molar-refractivity contribution in [3.05, 3.63) is 82.0 Å². The van der Waals surface area contributed by atoms with E-state index in [1.165, 1.54) is 35.5 Å². The van der Waals surface area contributed by atoms with Gasteiger partial charge in [0.2, 0.25) is 0 Å². The summed E-state index contributed by atoms with van der Waals surface area (Å²) in [5.41, 5.74) is 1.90. The monoisotopic (exact) mass is 423 g/mol. The topological polar surface area (TPSA) is 38.3 Å². The van der Waals surface area contributed by atoms with E-state index in [0.717, 1.165) is 10.6 Å². The molecule has 1 N–H and O–H groups in total. The summed E-state index contributed by atoms with van der Waals surface area (Å²) in [6.45, 7) is -0.0748. The van der Waals surface area contributed by atoms with E-state index in [4.69, 9.17) is 0 Å². The van der Waals surface area contributed by atoms with Crippen LogP contribution in [0.5, 0.6) is 5.75 Å². The number of alkyl halides is 3. The molecule has 0 saturated carbocycles. The zero-order valence-electron chi connectivity index (χ0n) is 14.5. The van der Waals surface area contributed by atoms with Gasteiger partial charge in [-0.3, -0.25) is 4.79 Å². The van der Waals surface area contributed by atoms with Gasteiger partial charge >= 0.3 is 6.36 Å². The number of nitrogens with one attached hydrogen (secondary N) is 1. The predicted molar refractivity (Wildman–Crippen MR) is 105 cm³/mol. The third-order valence-corrected chi connectivity index (χ3v) is 5.62. The van der Waals surface area contributed by atoms with Gasteiger partial charge in [-0.15, -0.1) is 24.9 Å². The summed E-state index contributed by atoms with van der Waals surface area (Å²) < 4.78 is 41.6. The van der Waals surface area contributed by atoms with Crippen LogP contribution in [-0.2, 0) is 12.3 Å². The molecule has 3 nitrogen and oxygen atoms in total.